The Hall–Kier alpha value is -8.58. The third-order valence-corrected chi connectivity index (χ3v) is 28.5. The van der Waals surface area contributed by atoms with Crippen LogP contribution in [0.3, 0.4) is 0 Å². The van der Waals surface area contributed by atoms with Gasteiger partial charge in [0.25, 0.3) is 0 Å². The van der Waals surface area contributed by atoms with Crippen LogP contribution in [0.5, 0.6) is 0 Å². The van der Waals surface area contributed by atoms with E-state index in [1.54, 1.807) is 293 Å². The Morgan fingerprint density at radius 2 is 0.346 bits per heavy atom. The van der Waals surface area contributed by atoms with Gasteiger partial charge in [-0.15, -0.1) is 39.5 Å². The standard InChI is InChI=1S/C78H30/c1-7-13-73-59-49-39-29-24-19-20-22-23-21(19)26-32-30(24)40(39)50-52-42(32)44-34(26)36-28(23)38-37-27(22)35-33-25(20)31(29)41-43(33)53-55-45(35)47(37)57-58-48(38)46(36)56-54(44)64-62(52)74(14-8-2,60(50)59)70-69(73)71-75(15-9-3,63(53)61(73)51(41)49)65(55)67(57)77(17-11-5)68(58)66(56)76(64,16-10-4)72(70)78(71,77)18-12-6/h7-12H,1-6,13-18H2. The van der Waals surface area contributed by atoms with Crippen molar-refractivity contribution < 1.29 is 0 Å². The molecule has 0 saturated heterocycles. The van der Waals surface area contributed by atoms with Crippen molar-refractivity contribution in [1.82, 2.24) is 0 Å². The van der Waals surface area contributed by atoms with Crippen LogP contribution in [0.25, 0.3) is 215 Å². The van der Waals surface area contributed by atoms with Gasteiger partial charge in [0.1, 0.15) is 0 Å². The topological polar surface area (TPSA) is 0 Å². The highest BCUT2D eigenvalue weighted by molar-refractivity contribution is 6.77. The van der Waals surface area contributed by atoms with Crippen LogP contribution < -0.4 is 0 Å². The number of rotatable bonds is 12. The fourth-order valence-electron chi connectivity index (χ4n) is 29.1. The molecule has 21 aromatic carbocycles. The minimum atomic E-state index is -0.460. The van der Waals surface area contributed by atoms with E-state index in [0.717, 1.165) is 38.5 Å². The molecule has 78 heavy (non-hydrogen) atoms. The predicted molar refractivity (Wildman–Crippen MR) is 327 cm³/mol. The summed E-state index contributed by atoms with van der Waals surface area (Å²) in [6.07, 6.45) is 19.9. The average molecular weight is 967 g/mol. The van der Waals surface area contributed by atoms with Gasteiger partial charge in [0.2, 0.25) is 0 Å². The summed E-state index contributed by atoms with van der Waals surface area (Å²) >= 11 is 0. The average Bonchev–Trinajstić information content (AvgIpc) is 1.45. The maximum absolute atomic E-state index is 5.04. The Kier molecular flexibility index (Phi) is 3.23. The maximum atomic E-state index is 5.04. The lowest BCUT2D eigenvalue weighted by molar-refractivity contribution is 0.175. The van der Waals surface area contributed by atoms with E-state index in [9.17, 15) is 0 Å². The van der Waals surface area contributed by atoms with E-state index < -0.39 is 32.5 Å². The second-order valence-electron chi connectivity index (χ2n) is 28.6. The van der Waals surface area contributed by atoms with Crippen LogP contribution >= 0.6 is 0 Å². The highest BCUT2D eigenvalue weighted by Gasteiger charge is 2.84. The van der Waals surface area contributed by atoms with E-state index in [1.165, 1.54) is 0 Å². The lowest BCUT2D eigenvalue weighted by atomic mass is 9.34. The Balaban J connectivity index is 1.17. The molecule has 11 aliphatic carbocycles. The van der Waals surface area contributed by atoms with Gasteiger partial charge >= 0.3 is 0 Å². The molecule has 342 valence electrons. The first kappa shape index (κ1) is 32.9. The van der Waals surface area contributed by atoms with Gasteiger partial charge < -0.3 is 0 Å². The minimum Gasteiger partial charge on any atom is -0.103 e. The van der Waals surface area contributed by atoms with E-state index in [-0.39, 0.29) is 0 Å². The fraction of sp³-hybridized carbons (Fsp3) is 0.154. The summed E-state index contributed by atoms with van der Waals surface area (Å²) in [5.74, 6) is 0. The molecule has 0 amide bonds. The molecule has 0 nitrogen and oxygen atoms in total. The minimum absolute atomic E-state index is 0.430. The normalized spacial score (nSPS) is 29.8. The van der Waals surface area contributed by atoms with Crippen molar-refractivity contribution in [3.8, 4) is 0 Å². The lowest BCUT2D eigenvalue weighted by Gasteiger charge is -2.66. The highest BCUT2D eigenvalue weighted by atomic mass is 14.9. The van der Waals surface area contributed by atoms with Crippen molar-refractivity contribution in [2.24, 2.45) is 5.41 Å². The maximum Gasteiger partial charge on any atom is 0.0508 e. The molecule has 4 unspecified atom stereocenters. The van der Waals surface area contributed by atoms with Crippen LogP contribution in [-0.2, 0) is 27.1 Å². The summed E-state index contributed by atoms with van der Waals surface area (Å²) in [5.41, 5.74) is 21.4. The molecule has 0 heterocycles. The quantitative estimate of drug-likeness (QED) is 0.0845. The molecule has 0 saturated carbocycles. The summed E-state index contributed by atoms with van der Waals surface area (Å²) < 4.78 is 0. The summed E-state index contributed by atoms with van der Waals surface area (Å²) in [4.78, 5) is 0. The lowest BCUT2D eigenvalue weighted by Crippen LogP contribution is -2.62. The first-order chi connectivity index (χ1) is 38.6. The summed E-state index contributed by atoms with van der Waals surface area (Å²) in [6.45, 7) is 29.9. The molecule has 0 heteroatoms. The van der Waals surface area contributed by atoms with Gasteiger partial charge in [0, 0.05) is 21.7 Å². The van der Waals surface area contributed by atoms with Crippen LogP contribution in [0.4, 0.5) is 0 Å². The van der Waals surface area contributed by atoms with Crippen molar-refractivity contribution in [2.75, 3.05) is 0 Å². The third kappa shape index (κ3) is 1.75. The molecule has 4 atom stereocenters. The van der Waals surface area contributed by atoms with E-state index >= 15 is 0 Å². The van der Waals surface area contributed by atoms with Gasteiger partial charge in [-0.25, -0.2) is 0 Å². The smallest absolute Gasteiger partial charge is 0.0508 e. The zero-order valence-corrected chi connectivity index (χ0v) is 41.9. The Morgan fingerprint density at radius 1 is 0.179 bits per heavy atom. The number of benzene rings is 15. The van der Waals surface area contributed by atoms with E-state index in [0.29, 0.717) is 0 Å². The van der Waals surface area contributed by atoms with Crippen molar-refractivity contribution in [2.45, 2.75) is 65.6 Å². The molecule has 0 N–H and O–H groups in total. The molecular formula is C78H30. The van der Waals surface area contributed by atoms with Crippen molar-refractivity contribution in [3.05, 3.63) is 154 Å². The van der Waals surface area contributed by atoms with Gasteiger partial charge in [-0.3, -0.25) is 0 Å². The molecule has 21 aromatic rings. The number of allylic oxidation sites excluding steroid dienone is 10. The number of hydrogen-bond acceptors (Lipinski definition) is 0. The Bertz CT molecular complexity index is 6780. The second kappa shape index (κ2) is 7.67. The molecule has 11 aliphatic rings. The summed E-state index contributed by atoms with van der Waals surface area (Å²) in [6, 6.07) is 0. The van der Waals surface area contributed by atoms with E-state index in [1.807, 2.05) is 0 Å². The molecule has 0 fully saturated rings. The summed E-state index contributed by atoms with van der Waals surface area (Å²) in [5, 5.41) is 65.4. The molecule has 0 radical (unpaired) electrons. The van der Waals surface area contributed by atoms with Crippen LogP contribution in [0.2, 0.25) is 0 Å². The second-order valence-corrected chi connectivity index (χ2v) is 28.6. The Labute approximate surface area is 437 Å². The summed E-state index contributed by atoms with van der Waals surface area (Å²) in [7, 11) is 0. The van der Waals surface area contributed by atoms with Crippen LogP contribution in [0, 0.1) is 5.41 Å². The zero-order valence-electron chi connectivity index (χ0n) is 41.9. The fourth-order valence-corrected chi connectivity index (χ4v) is 29.1. The van der Waals surface area contributed by atoms with Gasteiger partial charge in [0.15, 0.2) is 0 Å². The monoisotopic (exact) mass is 966 g/mol. The predicted octanol–water partition coefficient (Wildman–Crippen LogP) is 19.7. The van der Waals surface area contributed by atoms with E-state index in [2.05, 4.69) is 36.5 Å². The molecule has 0 aromatic heterocycles. The Morgan fingerprint density at radius 3 is 0.577 bits per heavy atom. The zero-order chi connectivity index (χ0) is 48.7. The van der Waals surface area contributed by atoms with Gasteiger partial charge in [-0.1, -0.05) is 36.5 Å². The van der Waals surface area contributed by atoms with Crippen LogP contribution in [-0.4, -0.2) is 0 Å². The largest absolute Gasteiger partial charge is 0.103 e. The van der Waals surface area contributed by atoms with Gasteiger partial charge in [0.05, 0.1) is 10.8 Å². The van der Waals surface area contributed by atoms with Crippen LogP contribution in [0.15, 0.2) is 98.2 Å². The molecule has 0 spiro atoms. The molecular weight excluding hydrogens is 937 g/mol. The van der Waals surface area contributed by atoms with Gasteiger partial charge in [-0.05, 0) is 332 Å². The molecule has 0 bridgehead atoms. The molecule has 0 aliphatic heterocycles. The van der Waals surface area contributed by atoms with Crippen LogP contribution in [0.1, 0.15) is 94.2 Å². The van der Waals surface area contributed by atoms with Crippen molar-refractivity contribution in [1.29, 1.82) is 0 Å². The first-order valence-electron chi connectivity index (χ1n) is 29.5. The van der Waals surface area contributed by atoms with E-state index in [4.69, 9.17) is 39.5 Å². The highest BCUT2D eigenvalue weighted by Crippen LogP contribution is 2.94. The van der Waals surface area contributed by atoms with Crippen molar-refractivity contribution >= 4 is 215 Å². The third-order valence-electron chi connectivity index (χ3n) is 28.5. The first-order valence-corrected chi connectivity index (χ1v) is 29.5. The number of hydrogen-bond donors (Lipinski definition) is 0. The molecule has 32 rings (SSSR count). The van der Waals surface area contributed by atoms with Crippen molar-refractivity contribution in [3.63, 3.8) is 0 Å². The van der Waals surface area contributed by atoms with Gasteiger partial charge in [-0.2, -0.15) is 0 Å². The SMILES string of the molecule is C=CCC12C3=C4C5(CC=C)c6c1c1c7c2c2c8c9c%10c%11c%12c%13c%14c%15c%16c%17c(c5c5c6c6c1c1c%18c7c8c7c8c9c%12c9c%12c%13c%16c%13c%16c%17c5c5c6c1c1c(c%187)c(c89)c(c%12%13)c1c5%16)C%15(CC=C)C4(CC=C)C(=C3C2%10CC=C)C%11%14CC=C.